The first kappa shape index (κ1) is 21.2. The summed E-state index contributed by atoms with van der Waals surface area (Å²) < 4.78 is 0. The zero-order valence-corrected chi connectivity index (χ0v) is 16.9. The van der Waals surface area contributed by atoms with Crippen molar-refractivity contribution in [2.75, 3.05) is 0 Å². The number of nitrogens with one attached hydrogen (secondary N) is 1. The zero-order chi connectivity index (χ0) is 21.5. The number of phenolic OH excluding ortho intramolecular Hbond substituents is 3. The van der Waals surface area contributed by atoms with Gasteiger partial charge >= 0.3 is 0 Å². The van der Waals surface area contributed by atoms with Crippen molar-refractivity contribution < 1.29 is 20.1 Å². The van der Waals surface area contributed by atoms with Crippen molar-refractivity contribution in [1.82, 2.24) is 5.43 Å². The number of benzene rings is 3. The number of carbonyl (C=O) groups is 1. The summed E-state index contributed by atoms with van der Waals surface area (Å²) in [4.78, 5) is 12.4. The van der Waals surface area contributed by atoms with Gasteiger partial charge < -0.3 is 15.3 Å². The van der Waals surface area contributed by atoms with Gasteiger partial charge in [-0.1, -0.05) is 50.5 Å². The Morgan fingerprint density at radius 3 is 2.40 bits per heavy atom. The highest BCUT2D eigenvalue weighted by Crippen LogP contribution is 2.28. The summed E-state index contributed by atoms with van der Waals surface area (Å²) in [5.41, 5.74) is 3.60. The number of hydrazone groups is 1. The molecule has 156 valence electrons. The first-order chi connectivity index (χ1) is 14.5. The average Bonchev–Trinajstić information content (AvgIpc) is 2.73. The lowest BCUT2D eigenvalue weighted by Crippen LogP contribution is -2.17. The molecule has 1 amide bonds. The maximum atomic E-state index is 12.4. The van der Waals surface area contributed by atoms with Gasteiger partial charge in [0.05, 0.1) is 11.8 Å². The minimum Gasteiger partial charge on any atom is -0.508 e. The van der Waals surface area contributed by atoms with Crippen LogP contribution in [0.25, 0.3) is 10.8 Å². The van der Waals surface area contributed by atoms with Gasteiger partial charge in [-0.05, 0) is 47.4 Å². The smallest absolute Gasteiger partial charge is 0.275 e. The number of nitrogens with zero attached hydrogens (tertiary/aromatic N) is 1. The molecule has 0 aliphatic heterocycles. The van der Waals surface area contributed by atoms with E-state index < -0.39 is 5.91 Å². The van der Waals surface area contributed by atoms with Crippen LogP contribution in [0.5, 0.6) is 17.2 Å². The van der Waals surface area contributed by atoms with Crippen LogP contribution < -0.4 is 5.43 Å². The highest BCUT2D eigenvalue weighted by atomic mass is 16.3. The summed E-state index contributed by atoms with van der Waals surface area (Å²) in [6, 6.07) is 13.5. The van der Waals surface area contributed by atoms with E-state index in [1.807, 2.05) is 24.3 Å². The summed E-state index contributed by atoms with van der Waals surface area (Å²) in [6.45, 7) is 2.14. The number of hydrogen-bond acceptors (Lipinski definition) is 5. The van der Waals surface area contributed by atoms with Gasteiger partial charge in [-0.15, -0.1) is 0 Å². The van der Waals surface area contributed by atoms with Crippen LogP contribution in [0, 0.1) is 0 Å². The Bertz CT molecular complexity index is 1080. The fraction of sp³-hybridized carbons (Fsp3) is 0.250. The van der Waals surface area contributed by atoms with Gasteiger partial charge in [-0.25, -0.2) is 5.43 Å². The first-order valence-corrected chi connectivity index (χ1v) is 10.1. The first-order valence-electron chi connectivity index (χ1n) is 10.1. The fourth-order valence-corrected chi connectivity index (χ4v) is 3.32. The Kier molecular flexibility index (Phi) is 6.91. The quantitative estimate of drug-likeness (QED) is 0.244. The SMILES string of the molecule is CCCCCCc1cc(/C=N\NC(=O)c2cc3ccccc3cc2O)c(O)cc1O. The van der Waals surface area contributed by atoms with E-state index in [4.69, 9.17) is 0 Å². The Labute approximate surface area is 175 Å². The van der Waals surface area contributed by atoms with Gasteiger partial charge in [0, 0.05) is 11.6 Å². The molecule has 6 nitrogen and oxygen atoms in total. The van der Waals surface area contributed by atoms with Crippen LogP contribution in [0.4, 0.5) is 0 Å². The maximum absolute atomic E-state index is 12.4. The zero-order valence-electron chi connectivity index (χ0n) is 16.9. The van der Waals surface area contributed by atoms with E-state index in [-0.39, 0.29) is 22.8 Å². The van der Waals surface area contributed by atoms with E-state index in [9.17, 15) is 20.1 Å². The lowest BCUT2D eigenvalue weighted by Gasteiger charge is -2.08. The van der Waals surface area contributed by atoms with Crippen LogP contribution >= 0.6 is 0 Å². The van der Waals surface area contributed by atoms with Crippen LogP contribution in [0.15, 0.2) is 53.6 Å². The van der Waals surface area contributed by atoms with Gasteiger partial charge in [-0.3, -0.25) is 4.79 Å². The number of unbranched alkanes of at least 4 members (excludes halogenated alkanes) is 3. The molecule has 0 bridgehead atoms. The molecule has 3 aromatic rings. The molecule has 0 saturated carbocycles. The molecule has 6 heteroatoms. The lowest BCUT2D eigenvalue weighted by molar-refractivity contribution is 0.0952. The minimum absolute atomic E-state index is 0.0475. The van der Waals surface area contributed by atoms with Gasteiger partial charge in [0.15, 0.2) is 0 Å². The lowest BCUT2D eigenvalue weighted by atomic mass is 10.0. The van der Waals surface area contributed by atoms with Crippen LogP contribution in [0.2, 0.25) is 0 Å². The second-order valence-electron chi connectivity index (χ2n) is 7.27. The van der Waals surface area contributed by atoms with Crippen LogP contribution in [0.3, 0.4) is 0 Å². The van der Waals surface area contributed by atoms with Gasteiger partial charge in [0.1, 0.15) is 17.2 Å². The molecule has 4 N–H and O–H groups in total. The number of aromatic hydroxyl groups is 3. The van der Waals surface area contributed by atoms with Crippen molar-refractivity contribution >= 4 is 22.9 Å². The molecule has 0 aliphatic carbocycles. The predicted molar refractivity (Wildman–Crippen MR) is 118 cm³/mol. The summed E-state index contributed by atoms with van der Waals surface area (Å²) in [5.74, 6) is -0.779. The van der Waals surface area contributed by atoms with E-state index in [0.717, 1.165) is 42.0 Å². The molecule has 0 fully saturated rings. The fourth-order valence-electron chi connectivity index (χ4n) is 3.32. The third-order valence-corrected chi connectivity index (χ3v) is 5.01. The third-order valence-electron chi connectivity index (χ3n) is 5.01. The molecule has 0 spiro atoms. The highest BCUT2D eigenvalue weighted by molar-refractivity contribution is 6.01. The van der Waals surface area contributed by atoms with Gasteiger partial charge in [0.25, 0.3) is 5.91 Å². The molecular weight excluding hydrogens is 380 g/mol. The van der Waals surface area contributed by atoms with E-state index in [0.29, 0.717) is 12.0 Å². The summed E-state index contributed by atoms with van der Waals surface area (Å²) in [7, 11) is 0. The third kappa shape index (κ3) is 5.08. The normalized spacial score (nSPS) is 11.2. The summed E-state index contributed by atoms with van der Waals surface area (Å²) in [5, 5.41) is 35.8. The number of rotatable bonds is 8. The number of carbonyl (C=O) groups excluding carboxylic acids is 1. The maximum Gasteiger partial charge on any atom is 0.275 e. The number of hydrogen-bond donors (Lipinski definition) is 4. The Hall–Kier alpha value is -3.54. The van der Waals surface area contributed by atoms with Crippen molar-refractivity contribution in [3.8, 4) is 17.2 Å². The molecule has 30 heavy (non-hydrogen) atoms. The van der Waals surface area contributed by atoms with Crippen molar-refractivity contribution in [3.63, 3.8) is 0 Å². The predicted octanol–water partition coefficient (Wildman–Crippen LogP) is 4.84. The van der Waals surface area contributed by atoms with Gasteiger partial charge in [0.2, 0.25) is 0 Å². The van der Waals surface area contributed by atoms with Crippen LogP contribution in [-0.2, 0) is 6.42 Å². The molecular formula is C24H26N2O4. The summed E-state index contributed by atoms with van der Waals surface area (Å²) in [6.07, 6.45) is 6.31. The van der Waals surface area contributed by atoms with Gasteiger partial charge in [-0.2, -0.15) is 5.10 Å². The second-order valence-corrected chi connectivity index (χ2v) is 7.27. The topological polar surface area (TPSA) is 102 Å². The largest absolute Gasteiger partial charge is 0.508 e. The van der Waals surface area contributed by atoms with E-state index in [1.54, 1.807) is 12.1 Å². The highest BCUT2D eigenvalue weighted by Gasteiger charge is 2.12. The van der Waals surface area contributed by atoms with E-state index >= 15 is 0 Å². The molecule has 0 heterocycles. The molecule has 3 aromatic carbocycles. The second kappa shape index (κ2) is 9.78. The monoisotopic (exact) mass is 406 g/mol. The van der Waals surface area contributed by atoms with Crippen molar-refractivity contribution in [1.29, 1.82) is 0 Å². The molecule has 0 aromatic heterocycles. The Morgan fingerprint density at radius 2 is 1.67 bits per heavy atom. The van der Waals surface area contributed by atoms with E-state index in [1.165, 1.54) is 18.3 Å². The molecule has 0 radical (unpaired) electrons. The summed E-state index contributed by atoms with van der Waals surface area (Å²) >= 11 is 0. The average molecular weight is 406 g/mol. The van der Waals surface area contributed by atoms with Crippen molar-refractivity contribution in [3.05, 3.63) is 65.2 Å². The molecule has 3 rings (SSSR count). The number of aryl methyl sites for hydroxylation is 1. The number of fused-ring (bicyclic) bond motifs is 1. The molecule has 0 aliphatic rings. The minimum atomic E-state index is -0.562. The van der Waals surface area contributed by atoms with E-state index in [2.05, 4.69) is 17.5 Å². The molecule has 0 saturated heterocycles. The van der Waals surface area contributed by atoms with Crippen LogP contribution in [-0.4, -0.2) is 27.4 Å². The molecule has 0 atom stereocenters. The Morgan fingerprint density at radius 1 is 0.933 bits per heavy atom. The molecule has 0 unspecified atom stereocenters. The van der Waals surface area contributed by atoms with Crippen molar-refractivity contribution in [2.24, 2.45) is 5.10 Å². The van der Waals surface area contributed by atoms with Crippen molar-refractivity contribution in [2.45, 2.75) is 39.0 Å². The Balaban J connectivity index is 1.71. The number of amides is 1. The standard InChI is InChI=1S/C24H26N2O4/c1-2-3-4-5-10-18-11-19(22(28)14-21(18)27)15-25-26-24(30)20-12-16-8-6-7-9-17(16)13-23(20)29/h6-9,11-15,27-29H,2-5,10H2,1H3,(H,26,30)/b25-15-. The number of phenols is 3. The van der Waals surface area contributed by atoms with Crippen LogP contribution in [0.1, 0.15) is 54.1 Å².